The maximum atomic E-state index is 12.7. The second-order valence-electron chi connectivity index (χ2n) is 6.80. The van der Waals surface area contributed by atoms with E-state index >= 15 is 0 Å². The predicted octanol–water partition coefficient (Wildman–Crippen LogP) is 2.02. The zero-order chi connectivity index (χ0) is 17.3. The van der Waals surface area contributed by atoms with E-state index in [-0.39, 0.29) is 23.3 Å². The lowest BCUT2D eigenvalue weighted by molar-refractivity contribution is 0.261. The molecule has 1 aromatic carbocycles. The van der Waals surface area contributed by atoms with Crippen molar-refractivity contribution < 1.29 is 8.42 Å². The molecule has 24 heavy (non-hydrogen) atoms. The summed E-state index contributed by atoms with van der Waals surface area (Å²) in [6, 6.07) is 7.07. The largest absolute Gasteiger partial charge is 0.294 e. The van der Waals surface area contributed by atoms with Crippen LogP contribution in [0.4, 0.5) is 0 Å². The van der Waals surface area contributed by atoms with Crippen molar-refractivity contribution in [1.82, 2.24) is 13.9 Å². The summed E-state index contributed by atoms with van der Waals surface area (Å²) in [6.07, 6.45) is 3.09. The number of aromatic nitrogens is 2. The number of piperidine rings is 1. The van der Waals surface area contributed by atoms with Gasteiger partial charge in [0.05, 0.1) is 29.0 Å². The number of rotatable bonds is 4. The van der Waals surface area contributed by atoms with Gasteiger partial charge in [-0.3, -0.25) is 9.36 Å². The van der Waals surface area contributed by atoms with Crippen LogP contribution in [-0.4, -0.2) is 41.1 Å². The molecular weight excluding hydrogens is 326 g/mol. The van der Waals surface area contributed by atoms with Crippen molar-refractivity contribution in [1.29, 1.82) is 0 Å². The first-order valence-corrected chi connectivity index (χ1v) is 9.93. The van der Waals surface area contributed by atoms with Gasteiger partial charge in [-0.25, -0.2) is 13.4 Å². The fraction of sp³-hybridized carbons (Fsp3) is 0.529. The molecule has 1 fully saturated rings. The van der Waals surface area contributed by atoms with Crippen LogP contribution in [0.2, 0.25) is 0 Å². The Kier molecular flexibility index (Phi) is 4.73. The summed E-state index contributed by atoms with van der Waals surface area (Å²) in [5, 5.41) is 0.571. The van der Waals surface area contributed by atoms with Gasteiger partial charge < -0.3 is 0 Å². The van der Waals surface area contributed by atoms with Gasteiger partial charge in [-0.1, -0.05) is 26.0 Å². The molecule has 0 saturated carbocycles. The first-order valence-electron chi connectivity index (χ1n) is 8.32. The van der Waals surface area contributed by atoms with E-state index in [0.717, 1.165) is 12.8 Å². The molecule has 1 aliphatic heterocycles. The fourth-order valence-corrected chi connectivity index (χ4v) is 5.13. The Morgan fingerprint density at radius 3 is 2.79 bits per heavy atom. The van der Waals surface area contributed by atoms with Crippen LogP contribution in [0.15, 0.2) is 35.4 Å². The molecule has 2 aromatic rings. The molecule has 6 nitrogen and oxygen atoms in total. The molecule has 7 heteroatoms. The number of sulfonamides is 1. The monoisotopic (exact) mass is 349 g/mol. The quantitative estimate of drug-likeness (QED) is 0.846. The molecule has 0 radical (unpaired) electrons. The van der Waals surface area contributed by atoms with Crippen molar-refractivity contribution in [2.75, 3.05) is 18.8 Å². The molecule has 0 bridgehead atoms. The number of hydrogen-bond donors (Lipinski definition) is 0. The van der Waals surface area contributed by atoms with Crippen LogP contribution in [0.1, 0.15) is 32.7 Å². The highest BCUT2D eigenvalue weighted by atomic mass is 32.2. The molecule has 1 atom stereocenters. The summed E-state index contributed by atoms with van der Waals surface area (Å²) in [5.41, 5.74) is 0.563. The lowest BCUT2D eigenvalue weighted by Crippen LogP contribution is -2.44. The van der Waals surface area contributed by atoms with Crippen LogP contribution in [0.5, 0.6) is 0 Å². The van der Waals surface area contributed by atoms with Gasteiger partial charge in [0.15, 0.2) is 0 Å². The summed E-state index contributed by atoms with van der Waals surface area (Å²) in [5.74, 6) is 0.227. The van der Waals surface area contributed by atoms with Gasteiger partial charge >= 0.3 is 0 Å². The van der Waals surface area contributed by atoms with Gasteiger partial charge in [0.25, 0.3) is 5.56 Å². The Hall–Kier alpha value is -1.73. The Bertz CT molecular complexity index is 889. The van der Waals surface area contributed by atoms with Gasteiger partial charge in [-0.05, 0) is 30.9 Å². The maximum absolute atomic E-state index is 12.7. The molecule has 2 heterocycles. The van der Waals surface area contributed by atoms with E-state index in [1.165, 1.54) is 4.31 Å². The highest BCUT2D eigenvalue weighted by Gasteiger charge is 2.30. The van der Waals surface area contributed by atoms with E-state index in [9.17, 15) is 13.2 Å². The van der Waals surface area contributed by atoms with Crippen molar-refractivity contribution >= 4 is 20.9 Å². The number of fused-ring (bicyclic) bond motifs is 1. The average Bonchev–Trinajstić information content (AvgIpc) is 2.54. The van der Waals surface area contributed by atoms with Gasteiger partial charge in [0.1, 0.15) is 0 Å². The number of nitrogens with zero attached hydrogens (tertiary/aromatic N) is 3. The van der Waals surface area contributed by atoms with Crippen molar-refractivity contribution in [2.24, 2.45) is 5.92 Å². The van der Waals surface area contributed by atoms with Crippen molar-refractivity contribution in [3.8, 4) is 0 Å². The Balaban J connectivity index is 1.90. The Labute approximate surface area is 142 Å². The summed E-state index contributed by atoms with van der Waals surface area (Å²) in [4.78, 5) is 17.1. The third-order valence-electron chi connectivity index (χ3n) is 4.38. The Morgan fingerprint density at radius 2 is 2.04 bits per heavy atom. The molecule has 3 rings (SSSR count). The molecule has 1 saturated heterocycles. The highest BCUT2D eigenvalue weighted by molar-refractivity contribution is 7.89. The van der Waals surface area contributed by atoms with Crippen LogP contribution < -0.4 is 5.56 Å². The first kappa shape index (κ1) is 17.1. The normalized spacial score (nSPS) is 19.9. The third-order valence-corrected chi connectivity index (χ3v) is 6.59. The summed E-state index contributed by atoms with van der Waals surface area (Å²) >= 11 is 0. The van der Waals surface area contributed by atoms with Crippen LogP contribution >= 0.6 is 0 Å². The van der Waals surface area contributed by atoms with E-state index in [1.807, 2.05) is 26.0 Å². The lowest BCUT2D eigenvalue weighted by Gasteiger charge is -2.33. The fourth-order valence-electron chi connectivity index (χ4n) is 3.27. The molecular formula is C17H23N3O3S. The minimum absolute atomic E-state index is 0.0837. The predicted molar refractivity (Wildman–Crippen MR) is 94.5 cm³/mol. The number of benzene rings is 1. The van der Waals surface area contributed by atoms with Crippen molar-refractivity contribution in [3.05, 3.63) is 40.9 Å². The average molecular weight is 349 g/mol. The lowest BCUT2D eigenvalue weighted by atomic mass is 10.1. The molecule has 0 N–H and O–H groups in total. The van der Waals surface area contributed by atoms with Crippen LogP contribution in [-0.2, 0) is 10.0 Å². The van der Waals surface area contributed by atoms with Crippen LogP contribution in [0.3, 0.4) is 0 Å². The van der Waals surface area contributed by atoms with E-state index < -0.39 is 10.0 Å². The second kappa shape index (κ2) is 6.64. The van der Waals surface area contributed by atoms with E-state index in [4.69, 9.17) is 0 Å². The molecule has 130 valence electrons. The standard InChI is InChI=1S/C17H23N3O3S/c1-13(2)11-24(22,23)19-9-5-6-14(10-19)20-12-18-16-8-4-3-7-15(16)17(20)21/h3-4,7-8,12-14H,5-6,9-11H2,1-2H3/t14-/m1/s1. The van der Waals surface area contributed by atoms with Gasteiger partial charge in [-0.15, -0.1) is 0 Å². The summed E-state index contributed by atoms with van der Waals surface area (Å²) in [6.45, 7) is 4.67. The van der Waals surface area contributed by atoms with Gasteiger partial charge in [0, 0.05) is 13.1 Å². The van der Waals surface area contributed by atoms with Crippen LogP contribution in [0.25, 0.3) is 10.9 Å². The smallest absolute Gasteiger partial charge is 0.261 e. The summed E-state index contributed by atoms with van der Waals surface area (Å²) < 4.78 is 28.1. The van der Waals surface area contributed by atoms with Crippen molar-refractivity contribution in [2.45, 2.75) is 32.7 Å². The number of hydrogen-bond acceptors (Lipinski definition) is 4. The first-order chi connectivity index (χ1) is 11.4. The number of para-hydroxylation sites is 1. The van der Waals surface area contributed by atoms with Crippen molar-refractivity contribution in [3.63, 3.8) is 0 Å². The van der Waals surface area contributed by atoms with Crippen LogP contribution in [0, 0.1) is 5.92 Å². The molecule has 0 amide bonds. The SMILES string of the molecule is CC(C)CS(=O)(=O)N1CCC[C@@H](n2cnc3ccccc3c2=O)C1. The zero-order valence-corrected chi connectivity index (χ0v) is 14.9. The highest BCUT2D eigenvalue weighted by Crippen LogP contribution is 2.23. The molecule has 1 aliphatic rings. The molecule has 0 unspecified atom stereocenters. The van der Waals surface area contributed by atoms with Gasteiger partial charge in [0.2, 0.25) is 10.0 Å². The zero-order valence-electron chi connectivity index (χ0n) is 14.1. The van der Waals surface area contributed by atoms with E-state index in [0.29, 0.717) is 24.0 Å². The second-order valence-corrected chi connectivity index (χ2v) is 8.81. The molecule has 1 aromatic heterocycles. The maximum Gasteiger partial charge on any atom is 0.261 e. The van der Waals surface area contributed by atoms with E-state index in [1.54, 1.807) is 23.0 Å². The van der Waals surface area contributed by atoms with E-state index in [2.05, 4.69) is 4.98 Å². The Morgan fingerprint density at radius 1 is 1.29 bits per heavy atom. The summed E-state index contributed by atoms with van der Waals surface area (Å²) in [7, 11) is -3.28. The molecule has 0 spiro atoms. The third kappa shape index (κ3) is 3.37. The minimum Gasteiger partial charge on any atom is -0.294 e. The topological polar surface area (TPSA) is 72.3 Å². The van der Waals surface area contributed by atoms with Gasteiger partial charge in [-0.2, -0.15) is 4.31 Å². The molecule has 0 aliphatic carbocycles. The minimum atomic E-state index is -3.28.